The van der Waals surface area contributed by atoms with Gasteiger partial charge in [-0.2, -0.15) is 15.2 Å². The van der Waals surface area contributed by atoms with Crippen molar-refractivity contribution in [1.29, 1.82) is 5.26 Å². The van der Waals surface area contributed by atoms with Crippen LogP contribution in [0.2, 0.25) is 0 Å². The van der Waals surface area contributed by atoms with Crippen LogP contribution >= 0.6 is 0 Å². The number of likely N-dealkylation sites (N-methyl/N-ethyl adjacent to an activating group) is 1. The molecule has 1 unspecified atom stereocenters. The number of piperidine rings is 1. The van der Waals surface area contributed by atoms with E-state index in [2.05, 4.69) is 74.4 Å². The van der Waals surface area contributed by atoms with Gasteiger partial charge >= 0.3 is 6.01 Å². The third-order valence-electron chi connectivity index (χ3n) is 13.4. The number of benzene rings is 3. The number of fused-ring (bicyclic) bond motifs is 3. The Morgan fingerprint density at radius 1 is 0.940 bits per heavy atom. The molecule has 9 rings (SSSR count). The summed E-state index contributed by atoms with van der Waals surface area (Å²) < 4.78 is 18.5. The summed E-state index contributed by atoms with van der Waals surface area (Å²) in [6.07, 6.45) is 3.07. The summed E-state index contributed by atoms with van der Waals surface area (Å²) in [5.41, 5.74) is 3.98. The van der Waals surface area contributed by atoms with Crippen LogP contribution in [0.25, 0.3) is 10.8 Å². The van der Waals surface area contributed by atoms with Gasteiger partial charge in [0.15, 0.2) is 0 Å². The second-order valence-corrected chi connectivity index (χ2v) is 17.5. The van der Waals surface area contributed by atoms with E-state index in [1.54, 1.807) is 23.1 Å². The van der Waals surface area contributed by atoms with E-state index in [0.29, 0.717) is 71.4 Å². The zero-order chi connectivity index (χ0) is 46.6. The fourth-order valence-corrected chi connectivity index (χ4v) is 9.95. The van der Waals surface area contributed by atoms with Gasteiger partial charge in [0.25, 0.3) is 11.8 Å². The first-order chi connectivity index (χ1) is 32.6. The van der Waals surface area contributed by atoms with E-state index < -0.39 is 29.7 Å². The molecule has 18 heteroatoms. The number of rotatable bonds is 16. The number of hydrogen-bond donors (Lipinski definition) is 2. The van der Waals surface area contributed by atoms with Crippen LogP contribution in [-0.4, -0.2) is 151 Å². The van der Waals surface area contributed by atoms with Gasteiger partial charge < -0.3 is 34.2 Å². The second kappa shape index (κ2) is 19.9. The SMILES string of the molecule is C=CC(=O)N1CCN(c2nc(OC[C@@H]3C[C@@H](OCCOCCNc4cccc5c4C(=O)N(C4CCC(=O)NC4=O)C5=O)CN3C)nc3c2CCN(c2cccc4ccccc24)C3)C[C@@H]1CC#N. The summed E-state index contributed by atoms with van der Waals surface area (Å²) in [5, 5.41) is 17.4. The number of nitrogens with one attached hydrogen (secondary N) is 2. The average Bonchev–Trinajstić information content (AvgIpc) is 3.83. The van der Waals surface area contributed by atoms with Gasteiger partial charge in [0.1, 0.15) is 18.5 Å². The molecule has 5 amide bonds. The molecule has 0 bridgehead atoms. The van der Waals surface area contributed by atoms with Crippen LogP contribution in [0, 0.1) is 11.3 Å². The molecule has 67 heavy (non-hydrogen) atoms. The number of hydrogen-bond acceptors (Lipinski definition) is 15. The number of amides is 5. The number of anilines is 3. The van der Waals surface area contributed by atoms with E-state index in [0.717, 1.165) is 47.0 Å². The van der Waals surface area contributed by atoms with E-state index in [1.165, 1.54) is 16.8 Å². The van der Waals surface area contributed by atoms with Crippen LogP contribution in [0.4, 0.5) is 17.2 Å². The van der Waals surface area contributed by atoms with Crippen LogP contribution in [0.15, 0.2) is 73.3 Å². The van der Waals surface area contributed by atoms with Crippen molar-refractivity contribution in [2.75, 3.05) is 87.9 Å². The van der Waals surface area contributed by atoms with Gasteiger partial charge in [0.05, 0.1) is 67.8 Å². The van der Waals surface area contributed by atoms with Gasteiger partial charge in [-0.1, -0.05) is 49.0 Å². The van der Waals surface area contributed by atoms with Crippen LogP contribution in [-0.2, 0) is 36.8 Å². The quantitative estimate of drug-likeness (QED) is 0.0941. The summed E-state index contributed by atoms with van der Waals surface area (Å²) in [4.78, 5) is 83.0. The molecule has 0 radical (unpaired) electrons. The van der Waals surface area contributed by atoms with Crippen molar-refractivity contribution < 1.29 is 38.2 Å². The fraction of sp³-hybridized carbons (Fsp3) is 0.429. The van der Waals surface area contributed by atoms with Crippen molar-refractivity contribution in [3.05, 3.63) is 95.7 Å². The molecule has 6 heterocycles. The molecular weight excluding hydrogens is 857 g/mol. The van der Waals surface area contributed by atoms with Gasteiger partial charge in [0, 0.05) is 74.1 Å². The molecule has 3 saturated heterocycles. The molecule has 3 aromatic carbocycles. The predicted molar refractivity (Wildman–Crippen MR) is 248 cm³/mol. The van der Waals surface area contributed by atoms with Crippen molar-refractivity contribution in [3.8, 4) is 12.1 Å². The normalized spacial score (nSPS) is 21.9. The van der Waals surface area contributed by atoms with E-state index in [4.69, 9.17) is 24.2 Å². The Hall–Kier alpha value is -6.94. The van der Waals surface area contributed by atoms with Gasteiger partial charge in [-0.25, -0.2) is 0 Å². The fourth-order valence-electron chi connectivity index (χ4n) is 9.95. The highest BCUT2D eigenvalue weighted by atomic mass is 16.5. The third-order valence-corrected chi connectivity index (χ3v) is 13.4. The molecule has 2 N–H and O–H groups in total. The van der Waals surface area contributed by atoms with Gasteiger partial charge in [-0.15, -0.1) is 0 Å². The minimum atomic E-state index is -1.03. The first-order valence-electron chi connectivity index (χ1n) is 22.9. The number of nitrogens with zero attached hydrogens (tertiary/aromatic N) is 8. The lowest BCUT2D eigenvalue weighted by atomic mass is 10.0. The van der Waals surface area contributed by atoms with Crippen LogP contribution in [0.1, 0.15) is 57.7 Å². The Labute approximate surface area is 388 Å². The number of piperazine rings is 1. The van der Waals surface area contributed by atoms with Crippen molar-refractivity contribution in [1.82, 2.24) is 30.0 Å². The molecular formula is C49H54N10O8. The van der Waals surface area contributed by atoms with Crippen LogP contribution in [0.3, 0.4) is 0 Å². The third kappa shape index (κ3) is 9.40. The Bertz CT molecular complexity index is 2630. The Kier molecular flexibility index (Phi) is 13.4. The van der Waals surface area contributed by atoms with Gasteiger partial charge in [0.2, 0.25) is 17.7 Å². The smallest absolute Gasteiger partial charge is 0.318 e. The monoisotopic (exact) mass is 910 g/mol. The highest BCUT2D eigenvalue weighted by molar-refractivity contribution is 6.25. The number of carbonyl (C=O) groups is 5. The first-order valence-corrected chi connectivity index (χ1v) is 22.9. The second-order valence-electron chi connectivity index (χ2n) is 17.5. The Morgan fingerprint density at radius 3 is 2.61 bits per heavy atom. The minimum absolute atomic E-state index is 0.0380. The predicted octanol–water partition coefficient (Wildman–Crippen LogP) is 3.31. The standard InChI is InChI=1S/C49H54N10O8/c1-3-43(61)58-22-21-57(27-32(58)16-18-50)45-36-17-20-56(40-13-6-9-31-8-4-5-10-35(31)40)29-39(36)52-49(54-45)67-30-33-26-34(28-55(33)2)66-25-24-65-23-19-51-38-12-7-11-37-44(38)48(64)59(47(37)63)41-14-15-42(60)53-46(41)62/h3-13,32-34,41,51H,1,14-17,19-30H2,2H3,(H,53,60,62)/t32-,33-,34+,41?/m0/s1. The molecule has 0 saturated carbocycles. The lowest BCUT2D eigenvalue weighted by Gasteiger charge is -2.42. The minimum Gasteiger partial charge on any atom is -0.462 e. The highest BCUT2D eigenvalue weighted by Crippen LogP contribution is 2.36. The molecule has 348 valence electrons. The van der Waals surface area contributed by atoms with Crippen molar-refractivity contribution in [3.63, 3.8) is 0 Å². The van der Waals surface area contributed by atoms with Crippen LogP contribution in [0.5, 0.6) is 6.01 Å². The van der Waals surface area contributed by atoms with Crippen molar-refractivity contribution in [2.24, 2.45) is 0 Å². The van der Waals surface area contributed by atoms with Gasteiger partial charge in [-0.05, 0) is 56.0 Å². The highest BCUT2D eigenvalue weighted by Gasteiger charge is 2.45. The molecule has 18 nitrogen and oxygen atoms in total. The zero-order valence-electron chi connectivity index (χ0n) is 37.5. The van der Waals surface area contributed by atoms with E-state index in [-0.39, 0.29) is 60.5 Å². The number of nitriles is 1. The summed E-state index contributed by atoms with van der Waals surface area (Å²) in [5.74, 6) is -1.59. The van der Waals surface area contributed by atoms with E-state index in [9.17, 15) is 29.2 Å². The maximum Gasteiger partial charge on any atom is 0.318 e. The number of likely N-dealkylation sites (tertiary alicyclic amines) is 1. The molecule has 4 atom stereocenters. The lowest BCUT2D eigenvalue weighted by Crippen LogP contribution is -2.55. The van der Waals surface area contributed by atoms with E-state index in [1.807, 2.05) is 13.1 Å². The molecule has 0 spiro atoms. The number of carbonyl (C=O) groups excluding carboxylic acids is 5. The maximum absolute atomic E-state index is 13.4. The summed E-state index contributed by atoms with van der Waals surface area (Å²) in [7, 11) is 2.04. The number of aromatic nitrogens is 2. The topological polar surface area (TPSA) is 203 Å². The van der Waals surface area contributed by atoms with Crippen LogP contribution < -0.4 is 25.2 Å². The Morgan fingerprint density at radius 2 is 1.78 bits per heavy atom. The number of imide groups is 2. The molecule has 5 aliphatic heterocycles. The molecule has 5 aliphatic rings. The van der Waals surface area contributed by atoms with Gasteiger partial charge in [-0.3, -0.25) is 39.1 Å². The average molecular weight is 911 g/mol. The molecule has 0 aliphatic carbocycles. The molecule has 3 fully saturated rings. The summed E-state index contributed by atoms with van der Waals surface area (Å²) >= 11 is 0. The number of ether oxygens (including phenoxy) is 3. The van der Waals surface area contributed by atoms with E-state index >= 15 is 0 Å². The Balaban J connectivity index is 0.791. The first kappa shape index (κ1) is 45.2. The molecule has 4 aromatic rings. The largest absolute Gasteiger partial charge is 0.462 e. The summed E-state index contributed by atoms with van der Waals surface area (Å²) in [6, 6.07) is 20.9. The molecule has 1 aromatic heterocycles. The summed E-state index contributed by atoms with van der Waals surface area (Å²) in [6.45, 7) is 8.95. The maximum atomic E-state index is 13.4. The zero-order valence-corrected chi connectivity index (χ0v) is 37.5. The lowest BCUT2D eigenvalue weighted by molar-refractivity contribution is -0.136. The van der Waals surface area contributed by atoms with Crippen molar-refractivity contribution in [2.45, 2.75) is 62.9 Å². The van der Waals surface area contributed by atoms with Crippen molar-refractivity contribution >= 4 is 57.5 Å².